The van der Waals surface area contributed by atoms with Gasteiger partial charge < -0.3 is 8.98 Å². The predicted molar refractivity (Wildman–Crippen MR) is 213 cm³/mol. The Morgan fingerprint density at radius 1 is 0.404 bits per heavy atom. The Balaban J connectivity index is 1.17. The fourth-order valence-corrected chi connectivity index (χ4v) is 7.78. The van der Waals surface area contributed by atoms with Gasteiger partial charge in [-0.15, -0.1) is 0 Å². The first-order valence-corrected chi connectivity index (χ1v) is 17.4. The van der Waals surface area contributed by atoms with Crippen LogP contribution in [0.15, 0.2) is 174 Å². The minimum atomic E-state index is 0.596. The number of nitrogens with zero attached hydrogens (tertiary/aromatic N) is 4. The van der Waals surface area contributed by atoms with Gasteiger partial charge in [-0.05, 0) is 57.9 Å². The van der Waals surface area contributed by atoms with Crippen molar-refractivity contribution in [3.63, 3.8) is 0 Å². The Bertz CT molecular complexity index is 3190. The highest BCUT2D eigenvalue weighted by Crippen LogP contribution is 2.42. The van der Waals surface area contributed by atoms with Crippen molar-refractivity contribution in [3.05, 3.63) is 170 Å². The smallest absolute Gasteiger partial charge is 0.164 e. The zero-order chi connectivity index (χ0) is 34.2. The minimum absolute atomic E-state index is 0.596. The quantitative estimate of drug-likeness (QED) is 0.188. The lowest BCUT2D eigenvalue weighted by molar-refractivity contribution is 0.666. The predicted octanol–water partition coefficient (Wildman–Crippen LogP) is 12.2. The second-order valence-electron chi connectivity index (χ2n) is 13.2. The van der Waals surface area contributed by atoms with Gasteiger partial charge in [0.05, 0.1) is 16.7 Å². The molecule has 0 aliphatic heterocycles. The van der Waals surface area contributed by atoms with Crippen molar-refractivity contribution in [2.45, 2.75) is 0 Å². The van der Waals surface area contributed by atoms with E-state index >= 15 is 0 Å². The molecule has 8 aromatic carbocycles. The maximum Gasteiger partial charge on any atom is 0.164 e. The van der Waals surface area contributed by atoms with Crippen LogP contribution < -0.4 is 0 Å². The van der Waals surface area contributed by atoms with E-state index in [1.165, 1.54) is 26.9 Å². The van der Waals surface area contributed by atoms with Crippen LogP contribution in [0, 0.1) is 0 Å². The zero-order valence-electron chi connectivity index (χ0n) is 27.9. The molecule has 52 heavy (non-hydrogen) atoms. The molecule has 0 fully saturated rings. The molecule has 0 bridgehead atoms. The molecular weight excluding hydrogens is 637 g/mol. The molecule has 5 nitrogen and oxygen atoms in total. The maximum absolute atomic E-state index is 6.84. The highest BCUT2D eigenvalue weighted by molar-refractivity contribution is 6.17. The molecule has 0 radical (unpaired) electrons. The molecule has 11 aromatic rings. The highest BCUT2D eigenvalue weighted by atomic mass is 16.3. The second kappa shape index (κ2) is 11.2. The summed E-state index contributed by atoms with van der Waals surface area (Å²) in [7, 11) is 0. The summed E-state index contributed by atoms with van der Waals surface area (Å²) in [6.07, 6.45) is 0. The first-order chi connectivity index (χ1) is 25.8. The van der Waals surface area contributed by atoms with E-state index in [4.69, 9.17) is 19.4 Å². The van der Waals surface area contributed by atoms with Crippen LogP contribution >= 0.6 is 0 Å². The van der Waals surface area contributed by atoms with Gasteiger partial charge in [0.2, 0.25) is 0 Å². The molecule has 0 amide bonds. The third-order valence-electron chi connectivity index (χ3n) is 10.2. The van der Waals surface area contributed by atoms with Crippen molar-refractivity contribution in [3.8, 4) is 39.9 Å². The molecule has 3 aromatic heterocycles. The number of hydrogen-bond acceptors (Lipinski definition) is 4. The molecule has 0 saturated heterocycles. The van der Waals surface area contributed by atoms with Crippen LogP contribution in [0.2, 0.25) is 0 Å². The summed E-state index contributed by atoms with van der Waals surface area (Å²) in [5.41, 5.74) is 7.60. The Morgan fingerprint density at radius 3 is 1.90 bits per heavy atom. The van der Waals surface area contributed by atoms with Crippen molar-refractivity contribution in [1.82, 2.24) is 19.5 Å². The van der Waals surface area contributed by atoms with Crippen LogP contribution in [-0.4, -0.2) is 19.5 Å². The summed E-state index contributed by atoms with van der Waals surface area (Å²) >= 11 is 0. The molecule has 0 unspecified atom stereocenters. The number of para-hydroxylation sites is 2. The molecule has 11 rings (SSSR count). The van der Waals surface area contributed by atoms with Crippen LogP contribution in [0.3, 0.4) is 0 Å². The lowest BCUT2D eigenvalue weighted by Crippen LogP contribution is -2.00. The fraction of sp³-hybridized carbons (Fsp3) is 0. The van der Waals surface area contributed by atoms with Gasteiger partial charge in [-0.3, -0.25) is 0 Å². The average Bonchev–Trinajstić information content (AvgIpc) is 3.75. The van der Waals surface area contributed by atoms with E-state index in [1.807, 2.05) is 42.5 Å². The molecule has 3 heterocycles. The van der Waals surface area contributed by atoms with Gasteiger partial charge >= 0.3 is 0 Å². The topological polar surface area (TPSA) is 56.7 Å². The molecule has 5 heteroatoms. The van der Waals surface area contributed by atoms with Gasteiger partial charge in [0, 0.05) is 38.2 Å². The fourth-order valence-electron chi connectivity index (χ4n) is 7.78. The van der Waals surface area contributed by atoms with Crippen LogP contribution in [-0.2, 0) is 0 Å². The summed E-state index contributed by atoms with van der Waals surface area (Å²) in [5.74, 6) is 1.84. The third kappa shape index (κ3) is 4.39. The van der Waals surface area contributed by atoms with Gasteiger partial charge in [-0.1, -0.05) is 133 Å². The van der Waals surface area contributed by atoms with Crippen molar-refractivity contribution >= 4 is 65.3 Å². The second-order valence-corrected chi connectivity index (χ2v) is 13.2. The summed E-state index contributed by atoms with van der Waals surface area (Å²) in [4.78, 5) is 15.3. The number of rotatable bonds is 4. The Morgan fingerprint density at radius 2 is 1.06 bits per heavy atom. The first-order valence-electron chi connectivity index (χ1n) is 17.4. The minimum Gasteiger partial charge on any atom is -0.454 e. The molecule has 0 saturated carbocycles. The van der Waals surface area contributed by atoms with Gasteiger partial charge in [0.15, 0.2) is 23.1 Å². The molecular formula is C47H28N4O. The average molecular weight is 665 g/mol. The summed E-state index contributed by atoms with van der Waals surface area (Å²) in [6.45, 7) is 0. The van der Waals surface area contributed by atoms with Crippen LogP contribution in [0.1, 0.15) is 0 Å². The van der Waals surface area contributed by atoms with Crippen molar-refractivity contribution in [2.24, 2.45) is 0 Å². The monoisotopic (exact) mass is 664 g/mol. The molecule has 0 spiro atoms. The Kier molecular flexibility index (Phi) is 6.18. The molecule has 0 N–H and O–H groups in total. The molecule has 0 aliphatic carbocycles. The summed E-state index contributed by atoms with van der Waals surface area (Å²) in [6, 6.07) is 59.1. The summed E-state index contributed by atoms with van der Waals surface area (Å²) < 4.78 is 9.18. The molecule has 0 atom stereocenters. The van der Waals surface area contributed by atoms with E-state index in [-0.39, 0.29) is 0 Å². The van der Waals surface area contributed by atoms with Crippen LogP contribution in [0.5, 0.6) is 0 Å². The van der Waals surface area contributed by atoms with E-state index in [1.54, 1.807) is 0 Å². The zero-order valence-corrected chi connectivity index (χ0v) is 27.9. The molecule has 242 valence electrons. The Hall–Kier alpha value is -7.11. The maximum atomic E-state index is 6.84. The van der Waals surface area contributed by atoms with Gasteiger partial charge in [0.1, 0.15) is 5.58 Å². The van der Waals surface area contributed by atoms with Gasteiger partial charge in [-0.2, -0.15) is 0 Å². The number of fused-ring (bicyclic) bond motifs is 8. The largest absolute Gasteiger partial charge is 0.454 e. The van der Waals surface area contributed by atoms with Crippen LogP contribution in [0.4, 0.5) is 0 Å². The highest BCUT2D eigenvalue weighted by Gasteiger charge is 2.21. The Labute approximate surface area is 298 Å². The van der Waals surface area contributed by atoms with Crippen molar-refractivity contribution in [1.29, 1.82) is 0 Å². The molecule has 0 aliphatic rings. The number of benzene rings is 8. The first kappa shape index (κ1) is 28.7. The van der Waals surface area contributed by atoms with E-state index in [0.717, 1.165) is 60.7 Å². The van der Waals surface area contributed by atoms with E-state index in [9.17, 15) is 0 Å². The lowest BCUT2D eigenvalue weighted by atomic mass is 10.0. The van der Waals surface area contributed by atoms with Crippen LogP contribution in [0.25, 0.3) is 105 Å². The standard InChI is InChI=1S/C47H28N4O/c1-2-13-30(14-3-1)45-48-46(34-25-24-29-12-4-5-15-31(29)26-34)50-47(49-45)37-20-11-23-42-43(37)36-19-10-22-40(44(36)52-42)51-39-21-9-8-18-35(39)38-27-32-16-6-7-17-33(32)28-41(38)51/h1-28H. The van der Waals surface area contributed by atoms with E-state index < -0.39 is 0 Å². The van der Waals surface area contributed by atoms with Gasteiger partial charge in [0.25, 0.3) is 0 Å². The number of aromatic nitrogens is 4. The normalized spacial score (nSPS) is 11.8. The summed E-state index contributed by atoms with van der Waals surface area (Å²) in [5, 5.41) is 9.12. The van der Waals surface area contributed by atoms with Crippen molar-refractivity contribution in [2.75, 3.05) is 0 Å². The van der Waals surface area contributed by atoms with E-state index in [2.05, 4.69) is 132 Å². The SMILES string of the molecule is c1ccc(-c2nc(-c3ccc4ccccc4c3)nc(-c3cccc4oc5c(-n6c7ccccc7c7cc8ccccc8cc76)cccc5c34)n2)cc1. The van der Waals surface area contributed by atoms with Crippen molar-refractivity contribution < 1.29 is 4.42 Å². The van der Waals surface area contributed by atoms with E-state index in [0.29, 0.717) is 17.5 Å². The van der Waals surface area contributed by atoms with Gasteiger partial charge in [-0.25, -0.2) is 15.0 Å². The third-order valence-corrected chi connectivity index (χ3v) is 10.2. The number of hydrogen-bond donors (Lipinski definition) is 0. The lowest BCUT2D eigenvalue weighted by Gasteiger charge is -2.10. The number of furan rings is 1.